The van der Waals surface area contributed by atoms with Crippen LogP contribution in [0, 0.1) is 32.4 Å². The summed E-state index contributed by atoms with van der Waals surface area (Å²) in [7, 11) is 1.38. The molecular weight excluding hydrogens is 841 g/mol. The molecule has 1 aliphatic heterocycles. The van der Waals surface area contributed by atoms with Gasteiger partial charge in [0.05, 0.1) is 56.5 Å². The number of aromatic nitrogens is 2. The molecule has 12 heteroatoms. The summed E-state index contributed by atoms with van der Waals surface area (Å²) in [6.45, 7) is 19.3. The first-order valence-electron chi connectivity index (χ1n) is 22.7. The third-order valence-electron chi connectivity index (χ3n) is 12.2. The van der Waals surface area contributed by atoms with E-state index in [1.807, 2.05) is 133 Å². The van der Waals surface area contributed by atoms with E-state index in [1.165, 1.54) is 13.2 Å². The number of nitrogens with zero attached hydrogens (tertiary/aromatic N) is 3. The Morgan fingerprint density at radius 2 is 1.45 bits per heavy atom. The molecule has 2 atom stereocenters. The summed E-state index contributed by atoms with van der Waals surface area (Å²) >= 11 is 0. The van der Waals surface area contributed by atoms with E-state index in [4.69, 9.17) is 33.4 Å². The SMILES string of the molecule is COC(=O)[C@@H](OC(C)(C)C)c1c(C)c(C)c2nc(-c3cccc(-c4cc(F)c(F)cc4OCc4ccccc4)c3)c(C)n2c1N1CCC(C)(OCCOC[C@@H](C)OCc2ccccc2)CC1. The Balaban J connectivity index is 1.19. The van der Waals surface area contributed by atoms with Gasteiger partial charge in [-0.3, -0.25) is 4.40 Å². The van der Waals surface area contributed by atoms with Gasteiger partial charge in [-0.05, 0) is 108 Å². The lowest BCUT2D eigenvalue weighted by Crippen LogP contribution is -2.46. The number of pyridine rings is 1. The van der Waals surface area contributed by atoms with E-state index < -0.39 is 34.9 Å². The summed E-state index contributed by atoms with van der Waals surface area (Å²) in [5.74, 6) is -1.44. The summed E-state index contributed by atoms with van der Waals surface area (Å²) in [4.78, 5) is 21.4. The highest BCUT2D eigenvalue weighted by Crippen LogP contribution is 2.43. The molecule has 7 rings (SSSR count). The van der Waals surface area contributed by atoms with Crippen molar-refractivity contribution in [2.45, 2.75) is 105 Å². The highest BCUT2D eigenvalue weighted by molar-refractivity contribution is 5.83. The quantitative estimate of drug-likeness (QED) is 0.0617. The van der Waals surface area contributed by atoms with E-state index in [0.29, 0.717) is 74.7 Å². The van der Waals surface area contributed by atoms with Crippen molar-refractivity contribution in [3.05, 3.63) is 142 Å². The van der Waals surface area contributed by atoms with Crippen molar-refractivity contribution >= 4 is 17.4 Å². The number of rotatable bonds is 18. The summed E-state index contributed by atoms with van der Waals surface area (Å²) in [6.07, 6.45) is 0.334. The Morgan fingerprint density at radius 1 is 0.818 bits per heavy atom. The Morgan fingerprint density at radius 3 is 2.11 bits per heavy atom. The zero-order valence-corrected chi connectivity index (χ0v) is 39.7. The summed E-state index contributed by atoms with van der Waals surface area (Å²) in [6, 6.07) is 29.5. The molecule has 0 spiro atoms. The number of halogens is 2. The van der Waals surface area contributed by atoms with E-state index in [-0.39, 0.29) is 18.5 Å². The van der Waals surface area contributed by atoms with Crippen LogP contribution in [-0.2, 0) is 41.7 Å². The number of carbonyl (C=O) groups is 1. The average Bonchev–Trinajstić information content (AvgIpc) is 3.65. The molecule has 0 N–H and O–H groups in total. The van der Waals surface area contributed by atoms with Gasteiger partial charge in [-0.25, -0.2) is 18.6 Å². The second kappa shape index (κ2) is 20.9. The number of hydrogen-bond acceptors (Lipinski definition) is 9. The van der Waals surface area contributed by atoms with Crippen LogP contribution in [0.5, 0.6) is 5.75 Å². The van der Waals surface area contributed by atoms with Crippen LogP contribution in [0.15, 0.2) is 97.1 Å². The minimum atomic E-state index is -1.04. The minimum Gasteiger partial charge on any atom is -0.488 e. The van der Waals surface area contributed by atoms with Gasteiger partial charge in [0.25, 0.3) is 0 Å². The number of hydrogen-bond donors (Lipinski definition) is 0. The summed E-state index contributed by atoms with van der Waals surface area (Å²) < 4.78 is 68.4. The van der Waals surface area contributed by atoms with Crippen LogP contribution in [0.1, 0.15) is 87.1 Å². The molecule has 0 unspecified atom stereocenters. The molecule has 2 aromatic heterocycles. The third kappa shape index (κ3) is 11.3. The fourth-order valence-corrected chi connectivity index (χ4v) is 8.49. The molecule has 66 heavy (non-hydrogen) atoms. The standard InChI is InChI=1S/C54H63F2N3O7/c1-35(63-33-39-17-12-10-13-18-39)32-62-27-28-65-54(8)23-25-58(26-24-54)51-47(49(52(60)61-9)66-53(5,6)7)36(2)37(3)50-57-48(38(4)59(50)51)42-22-16-21-41(29-42)43-30-44(55)45(56)31-46(43)64-34-40-19-14-11-15-20-40/h10-22,29-31,35,49H,23-28,32-34H2,1-9H3/t35-,49+/m1/s1. The first-order chi connectivity index (χ1) is 31.6. The van der Waals surface area contributed by atoms with Gasteiger partial charge >= 0.3 is 5.97 Å². The molecule has 0 amide bonds. The van der Waals surface area contributed by atoms with E-state index in [2.05, 4.69) is 16.2 Å². The number of carbonyl (C=O) groups excluding carboxylic acids is 1. The predicted molar refractivity (Wildman–Crippen MR) is 254 cm³/mol. The highest BCUT2D eigenvalue weighted by Gasteiger charge is 2.39. The van der Waals surface area contributed by atoms with Crippen molar-refractivity contribution in [2.75, 3.05) is 44.9 Å². The molecular formula is C54H63F2N3O7. The number of aryl methyl sites for hydroxylation is 2. The smallest absolute Gasteiger partial charge is 0.339 e. The third-order valence-corrected chi connectivity index (χ3v) is 12.2. The van der Waals surface area contributed by atoms with E-state index in [9.17, 15) is 13.6 Å². The lowest BCUT2D eigenvalue weighted by atomic mass is 9.92. The topological polar surface area (TPSA) is 93.0 Å². The molecule has 0 aliphatic carbocycles. The van der Waals surface area contributed by atoms with Gasteiger partial charge in [0, 0.05) is 41.5 Å². The van der Waals surface area contributed by atoms with Crippen LogP contribution < -0.4 is 9.64 Å². The second-order valence-electron chi connectivity index (χ2n) is 18.4. The molecule has 10 nitrogen and oxygen atoms in total. The van der Waals surface area contributed by atoms with Crippen LogP contribution in [0.2, 0.25) is 0 Å². The fraction of sp³-hybridized carbons (Fsp3) is 0.407. The van der Waals surface area contributed by atoms with Gasteiger partial charge < -0.3 is 33.3 Å². The lowest BCUT2D eigenvalue weighted by Gasteiger charge is -2.42. The number of ether oxygens (including phenoxy) is 6. The van der Waals surface area contributed by atoms with Crippen molar-refractivity contribution in [1.29, 1.82) is 0 Å². The minimum absolute atomic E-state index is 0.0582. The Kier molecular flexibility index (Phi) is 15.3. The van der Waals surface area contributed by atoms with Gasteiger partial charge in [-0.1, -0.05) is 78.9 Å². The van der Waals surface area contributed by atoms with Gasteiger partial charge in [-0.15, -0.1) is 0 Å². The van der Waals surface area contributed by atoms with E-state index >= 15 is 0 Å². The second-order valence-corrected chi connectivity index (χ2v) is 18.4. The zero-order chi connectivity index (χ0) is 47.2. The number of fused-ring (bicyclic) bond motifs is 1. The Bertz CT molecular complexity index is 2600. The average molecular weight is 904 g/mol. The van der Waals surface area contributed by atoms with Crippen molar-refractivity contribution in [3.8, 4) is 28.1 Å². The lowest BCUT2D eigenvalue weighted by molar-refractivity contribution is -0.164. The Labute approximate surface area is 387 Å². The van der Waals surface area contributed by atoms with Gasteiger partial charge in [0.15, 0.2) is 17.7 Å². The largest absolute Gasteiger partial charge is 0.488 e. The molecule has 0 radical (unpaired) electrons. The van der Waals surface area contributed by atoms with Crippen LogP contribution in [0.4, 0.5) is 14.6 Å². The molecule has 0 saturated carbocycles. The molecule has 0 bridgehead atoms. The molecule has 1 fully saturated rings. The van der Waals surface area contributed by atoms with Gasteiger partial charge in [-0.2, -0.15) is 0 Å². The maximum absolute atomic E-state index is 15.0. The van der Waals surface area contributed by atoms with Crippen LogP contribution in [0.25, 0.3) is 28.0 Å². The molecule has 1 aliphatic rings. The van der Waals surface area contributed by atoms with Crippen molar-refractivity contribution in [1.82, 2.24) is 9.38 Å². The first kappa shape index (κ1) is 48.3. The van der Waals surface area contributed by atoms with Crippen LogP contribution in [-0.4, -0.2) is 72.7 Å². The van der Waals surface area contributed by atoms with Crippen molar-refractivity contribution in [3.63, 3.8) is 0 Å². The normalized spacial score (nSPS) is 14.9. The molecule has 1 saturated heterocycles. The molecule has 6 aromatic rings. The van der Waals surface area contributed by atoms with Gasteiger partial charge in [0.1, 0.15) is 23.8 Å². The Hall–Kier alpha value is -5.66. The number of piperidine rings is 1. The number of benzene rings is 4. The number of imidazole rings is 1. The van der Waals surface area contributed by atoms with Crippen molar-refractivity contribution in [2.24, 2.45) is 0 Å². The first-order valence-corrected chi connectivity index (χ1v) is 22.7. The zero-order valence-electron chi connectivity index (χ0n) is 39.7. The summed E-state index contributed by atoms with van der Waals surface area (Å²) in [5, 5.41) is 0. The maximum atomic E-state index is 15.0. The molecule has 4 aromatic carbocycles. The van der Waals surface area contributed by atoms with Crippen molar-refractivity contribution < 1.29 is 42.0 Å². The number of methoxy groups -OCH3 is 1. The maximum Gasteiger partial charge on any atom is 0.339 e. The number of anilines is 1. The monoisotopic (exact) mass is 903 g/mol. The number of esters is 1. The summed E-state index contributed by atoms with van der Waals surface area (Å²) in [5.41, 5.74) is 7.46. The predicted octanol–water partition coefficient (Wildman–Crippen LogP) is 11.5. The van der Waals surface area contributed by atoms with E-state index in [0.717, 1.165) is 51.0 Å². The highest BCUT2D eigenvalue weighted by atomic mass is 19.2. The van der Waals surface area contributed by atoms with Crippen LogP contribution >= 0.6 is 0 Å². The van der Waals surface area contributed by atoms with E-state index in [1.54, 1.807) is 0 Å². The van der Waals surface area contributed by atoms with Crippen LogP contribution in [0.3, 0.4) is 0 Å². The van der Waals surface area contributed by atoms with Gasteiger partial charge in [0.2, 0.25) is 0 Å². The molecule has 350 valence electrons. The molecule has 3 heterocycles. The fourth-order valence-electron chi connectivity index (χ4n) is 8.49.